The van der Waals surface area contributed by atoms with E-state index in [9.17, 15) is 9.18 Å². The number of carbonyl (C=O) groups excluding carboxylic acids is 1. The van der Waals surface area contributed by atoms with E-state index >= 15 is 0 Å². The minimum absolute atomic E-state index is 0.0222. The number of thiophene rings is 1. The molecule has 0 atom stereocenters. The summed E-state index contributed by atoms with van der Waals surface area (Å²) in [6, 6.07) is 10.3. The highest BCUT2D eigenvalue weighted by molar-refractivity contribution is 7.99. The summed E-state index contributed by atoms with van der Waals surface area (Å²) >= 11 is 8.73. The van der Waals surface area contributed by atoms with E-state index in [1.54, 1.807) is 30.1 Å². The molecule has 0 aliphatic carbocycles. The standard InChI is InChI=1S/C20H22ClFN4OS2/c1-13(2)10-26-19(15-6-4-5-7-16(15)22)23-24-20(26)28-12-18(27)25(3)11-14-8-9-17(21)29-14/h4-9,13H,10-12H2,1-3H3. The van der Waals surface area contributed by atoms with Gasteiger partial charge in [-0.05, 0) is 30.2 Å². The van der Waals surface area contributed by atoms with Crippen molar-refractivity contribution in [1.82, 2.24) is 19.7 Å². The molecule has 3 aromatic rings. The number of benzene rings is 1. The van der Waals surface area contributed by atoms with Crippen LogP contribution in [0.25, 0.3) is 11.4 Å². The van der Waals surface area contributed by atoms with Crippen molar-refractivity contribution in [2.24, 2.45) is 5.92 Å². The maximum absolute atomic E-state index is 14.3. The Morgan fingerprint density at radius 2 is 2.03 bits per heavy atom. The lowest BCUT2D eigenvalue weighted by molar-refractivity contribution is -0.127. The van der Waals surface area contributed by atoms with Gasteiger partial charge in [0.1, 0.15) is 5.82 Å². The molecule has 0 unspecified atom stereocenters. The molecule has 29 heavy (non-hydrogen) atoms. The van der Waals surface area contributed by atoms with Crippen LogP contribution in [-0.2, 0) is 17.9 Å². The lowest BCUT2D eigenvalue weighted by atomic mass is 10.2. The van der Waals surface area contributed by atoms with Crippen molar-refractivity contribution in [2.45, 2.75) is 32.1 Å². The van der Waals surface area contributed by atoms with Gasteiger partial charge >= 0.3 is 0 Å². The second-order valence-electron chi connectivity index (χ2n) is 7.03. The molecule has 0 saturated heterocycles. The zero-order valence-electron chi connectivity index (χ0n) is 16.4. The number of rotatable bonds is 8. The van der Waals surface area contributed by atoms with E-state index in [1.165, 1.54) is 29.2 Å². The van der Waals surface area contributed by atoms with Gasteiger partial charge in [-0.25, -0.2) is 4.39 Å². The van der Waals surface area contributed by atoms with Gasteiger partial charge in [0.2, 0.25) is 5.91 Å². The number of aromatic nitrogens is 3. The molecule has 154 valence electrons. The molecule has 2 heterocycles. The highest BCUT2D eigenvalue weighted by atomic mass is 35.5. The Morgan fingerprint density at radius 1 is 1.28 bits per heavy atom. The third kappa shape index (κ3) is 5.58. The first-order valence-corrected chi connectivity index (χ1v) is 11.3. The number of carbonyl (C=O) groups is 1. The Kier molecular flexibility index (Phi) is 7.32. The zero-order chi connectivity index (χ0) is 21.0. The molecule has 5 nitrogen and oxygen atoms in total. The summed E-state index contributed by atoms with van der Waals surface area (Å²) in [4.78, 5) is 15.2. The van der Waals surface area contributed by atoms with Crippen molar-refractivity contribution in [2.75, 3.05) is 12.8 Å². The maximum atomic E-state index is 14.3. The number of nitrogens with zero attached hydrogens (tertiary/aromatic N) is 4. The number of amides is 1. The predicted molar refractivity (Wildman–Crippen MR) is 117 cm³/mol. The predicted octanol–water partition coefficient (Wildman–Crippen LogP) is 5.21. The average Bonchev–Trinajstić information content (AvgIpc) is 3.25. The van der Waals surface area contributed by atoms with Crippen LogP contribution in [0.15, 0.2) is 41.6 Å². The van der Waals surface area contributed by atoms with Crippen LogP contribution < -0.4 is 0 Å². The smallest absolute Gasteiger partial charge is 0.233 e. The molecule has 0 bridgehead atoms. The lowest BCUT2D eigenvalue weighted by Gasteiger charge is -2.16. The third-order valence-electron chi connectivity index (χ3n) is 4.15. The highest BCUT2D eigenvalue weighted by Gasteiger charge is 2.19. The van der Waals surface area contributed by atoms with Gasteiger partial charge in [-0.1, -0.05) is 49.3 Å². The first kappa shape index (κ1) is 21.8. The van der Waals surface area contributed by atoms with Crippen LogP contribution >= 0.6 is 34.7 Å². The first-order valence-electron chi connectivity index (χ1n) is 9.14. The van der Waals surface area contributed by atoms with Gasteiger partial charge in [-0.15, -0.1) is 21.5 Å². The molecule has 0 radical (unpaired) electrons. The van der Waals surface area contributed by atoms with Crippen LogP contribution in [0.3, 0.4) is 0 Å². The van der Waals surface area contributed by atoms with Crippen LogP contribution in [0, 0.1) is 11.7 Å². The highest BCUT2D eigenvalue weighted by Crippen LogP contribution is 2.27. The Bertz CT molecular complexity index is 989. The average molecular weight is 453 g/mol. The summed E-state index contributed by atoms with van der Waals surface area (Å²) in [5.74, 6) is 0.660. The van der Waals surface area contributed by atoms with E-state index < -0.39 is 0 Å². The quantitative estimate of drug-likeness (QED) is 0.440. The summed E-state index contributed by atoms with van der Waals surface area (Å²) in [6.07, 6.45) is 0. The van der Waals surface area contributed by atoms with Gasteiger partial charge in [-0.3, -0.25) is 4.79 Å². The molecular weight excluding hydrogens is 431 g/mol. The molecule has 0 saturated carbocycles. The van der Waals surface area contributed by atoms with Crippen molar-refractivity contribution in [3.63, 3.8) is 0 Å². The molecule has 0 aliphatic heterocycles. The molecule has 2 aromatic heterocycles. The van der Waals surface area contributed by atoms with E-state index in [0.29, 0.717) is 39.9 Å². The third-order valence-corrected chi connectivity index (χ3v) is 6.32. The van der Waals surface area contributed by atoms with Crippen LogP contribution in [-0.4, -0.2) is 38.4 Å². The van der Waals surface area contributed by atoms with Crippen molar-refractivity contribution in [3.8, 4) is 11.4 Å². The Balaban J connectivity index is 1.73. The number of halogens is 2. The fourth-order valence-electron chi connectivity index (χ4n) is 2.76. The SMILES string of the molecule is CC(C)Cn1c(SCC(=O)N(C)Cc2ccc(Cl)s2)nnc1-c1ccccc1F. The Hall–Kier alpha value is -1.90. The molecule has 3 rings (SSSR count). The summed E-state index contributed by atoms with van der Waals surface area (Å²) in [7, 11) is 1.76. The minimum Gasteiger partial charge on any atom is -0.340 e. The zero-order valence-corrected chi connectivity index (χ0v) is 18.8. The molecule has 0 fully saturated rings. The second-order valence-corrected chi connectivity index (χ2v) is 9.78. The van der Waals surface area contributed by atoms with Crippen molar-refractivity contribution in [1.29, 1.82) is 0 Å². The van der Waals surface area contributed by atoms with E-state index in [2.05, 4.69) is 24.0 Å². The first-order chi connectivity index (χ1) is 13.8. The van der Waals surface area contributed by atoms with Gasteiger partial charge in [0, 0.05) is 18.5 Å². The van der Waals surface area contributed by atoms with E-state index in [1.807, 2.05) is 16.7 Å². The fourth-order valence-corrected chi connectivity index (χ4v) is 4.79. The molecule has 1 aromatic carbocycles. The van der Waals surface area contributed by atoms with Gasteiger partial charge in [0.15, 0.2) is 11.0 Å². The Morgan fingerprint density at radius 3 is 2.69 bits per heavy atom. The molecule has 0 aliphatic rings. The normalized spacial score (nSPS) is 11.2. The van der Waals surface area contributed by atoms with E-state index in [-0.39, 0.29) is 17.5 Å². The van der Waals surface area contributed by atoms with Gasteiger partial charge < -0.3 is 9.47 Å². The summed E-state index contributed by atoms with van der Waals surface area (Å²) in [5.41, 5.74) is 0.408. The fraction of sp³-hybridized carbons (Fsp3) is 0.350. The number of thioether (sulfide) groups is 1. The molecule has 0 N–H and O–H groups in total. The van der Waals surface area contributed by atoms with Gasteiger partial charge in [0.05, 0.1) is 22.2 Å². The van der Waals surface area contributed by atoms with Crippen LogP contribution in [0.5, 0.6) is 0 Å². The molecule has 9 heteroatoms. The van der Waals surface area contributed by atoms with Gasteiger partial charge in [-0.2, -0.15) is 0 Å². The second kappa shape index (κ2) is 9.73. The summed E-state index contributed by atoms with van der Waals surface area (Å²) in [5, 5.41) is 9.05. The molecule has 0 spiro atoms. The lowest BCUT2D eigenvalue weighted by Crippen LogP contribution is -2.27. The van der Waals surface area contributed by atoms with Crippen LogP contribution in [0.1, 0.15) is 18.7 Å². The number of hydrogen-bond donors (Lipinski definition) is 0. The minimum atomic E-state index is -0.341. The Labute approximate surface area is 182 Å². The number of hydrogen-bond acceptors (Lipinski definition) is 5. The van der Waals surface area contributed by atoms with Crippen molar-refractivity contribution < 1.29 is 9.18 Å². The summed E-state index contributed by atoms with van der Waals surface area (Å²) in [6.45, 7) is 5.29. The van der Waals surface area contributed by atoms with Crippen LogP contribution in [0.4, 0.5) is 4.39 Å². The molecule has 1 amide bonds. The van der Waals surface area contributed by atoms with Crippen molar-refractivity contribution in [3.05, 3.63) is 51.4 Å². The van der Waals surface area contributed by atoms with E-state index in [0.717, 1.165) is 4.88 Å². The van der Waals surface area contributed by atoms with Crippen molar-refractivity contribution >= 4 is 40.6 Å². The largest absolute Gasteiger partial charge is 0.340 e. The van der Waals surface area contributed by atoms with Gasteiger partial charge in [0.25, 0.3) is 0 Å². The topological polar surface area (TPSA) is 51.0 Å². The van der Waals surface area contributed by atoms with Crippen LogP contribution in [0.2, 0.25) is 4.34 Å². The van der Waals surface area contributed by atoms with E-state index in [4.69, 9.17) is 11.6 Å². The maximum Gasteiger partial charge on any atom is 0.233 e. The monoisotopic (exact) mass is 452 g/mol. The summed E-state index contributed by atoms with van der Waals surface area (Å²) < 4.78 is 16.9. The molecular formula is C20H22ClFN4OS2.